The smallest absolute Gasteiger partial charge is 0.178 e. The molecule has 3 aromatic rings. The van der Waals surface area contributed by atoms with Gasteiger partial charge in [0.15, 0.2) is 9.84 Å². The van der Waals surface area contributed by atoms with E-state index in [9.17, 15) is 8.42 Å². The molecule has 3 rings (SSSR count). The predicted molar refractivity (Wildman–Crippen MR) is 117 cm³/mol. The zero-order valence-corrected chi connectivity index (χ0v) is 18.7. The molecule has 0 bridgehead atoms. The minimum atomic E-state index is -3.26. The highest BCUT2D eigenvalue weighted by Gasteiger charge is 2.22. The van der Waals surface area contributed by atoms with Crippen molar-refractivity contribution in [1.82, 2.24) is 5.16 Å². The Morgan fingerprint density at radius 2 is 1.57 bits per heavy atom. The van der Waals surface area contributed by atoms with Crippen molar-refractivity contribution in [1.29, 1.82) is 0 Å². The van der Waals surface area contributed by atoms with Crippen LogP contribution < -0.4 is 0 Å². The molecule has 148 valence electrons. The number of hydrogen-bond acceptors (Lipinski definition) is 4. The minimum Gasteiger partial charge on any atom is -0.360 e. The summed E-state index contributed by atoms with van der Waals surface area (Å²) in [6, 6.07) is 17.8. The summed E-state index contributed by atoms with van der Waals surface area (Å²) in [5, 5.41) is 4.28. The Morgan fingerprint density at radius 1 is 0.929 bits per heavy atom. The fourth-order valence-electron chi connectivity index (χ4n) is 3.04. The minimum absolute atomic E-state index is 0.210. The molecule has 0 unspecified atom stereocenters. The highest BCUT2D eigenvalue weighted by atomic mass is 32.2. The first-order valence-electron chi connectivity index (χ1n) is 9.58. The SMILES string of the molecule is CCc1onc(-c2ccc(S(=O)(=O)CC[Si](C)(C)C)cc2)c1-c1ccccc1. The van der Waals surface area contributed by atoms with Crippen molar-refractivity contribution >= 4 is 17.9 Å². The van der Waals surface area contributed by atoms with Crippen LogP contribution in [0.5, 0.6) is 0 Å². The molecule has 0 saturated carbocycles. The summed E-state index contributed by atoms with van der Waals surface area (Å²) in [4.78, 5) is 0.370. The monoisotopic (exact) mass is 413 g/mol. The molecule has 1 heterocycles. The van der Waals surface area contributed by atoms with Crippen LogP contribution in [0.1, 0.15) is 12.7 Å². The topological polar surface area (TPSA) is 60.2 Å². The molecular formula is C22H27NO3SSi. The van der Waals surface area contributed by atoms with E-state index in [1.54, 1.807) is 12.1 Å². The second kappa shape index (κ2) is 8.05. The molecule has 0 aliphatic rings. The van der Waals surface area contributed by atoms with Gasteiger partial charge in [-0.3, -0.25) is 0 Å². The van der Waals surface area contributed by atoms with Crippen LogP contribution in [-0.2, 0) is 16.3 Å². The van der Waals surface area contributed by atoms with Crippen LogP contribution >= 0.6 is 0 Å². The molecule has 0 saturated heterocycles. The fourth-order valence-corrected chi connectivity index (χ4v) is 7.35. The van der Waals surface area contributed by atoms with Gasteiger partial charge in [-0.15, -0.1) is 0 Å². The van der Waals surface area contributed by atoms with Crippen LogP contribution in [0.2, 0.25) is 25.7 Å². The van der Waals surface area contributed by atoms with E-state index in [-0.39, 0.29) is 5.75 Å². The van der Waals surface area contributed by atoms with Gasteiger partial charge in [-0.1, -0.05) is 74.2 Å². The van der Waals surface area contributed by atoms with Gasteiger partial charge >= 0.3 is 0 Å². The van der Waals surface area contributed by atoms with E-state index in [2.05, 4.69) is 24.8 Å². The molecule has 6 heteroatoms. The van der Waals surface area contributed by atoms with E-state index in [1.807, 2.05) is 49.4 Å². The summed E-state index contributed by atoms with van der Waals surface area (Å²) in [7, 11) is -4.67. The highest BCUT2D eigenvalue weighted by Crippen LogP contribution is 2.35. The van der Waals surface area contributed by atoms with Crippen LogP contribution in [0.15, 0.2) is 64.0 Å². The van der Waals surface area contributed by atoms with Crippen molar-refractivity contribution in [2.75, 3.05) is 5.75 Å². The highest BCUT2D eigenvalue weighted by molar-refractivity contribution is 7.91. The number of hydrogen-bond donors (Lipinski definition) is 0. The van der Waals surface area contributed by atoms with Gasteiger partial charge in [-0.25, -0.2) is 8.42 Å². The fraction of sp³-hybridized carbons (Fsp3) is 0.318. The van der Waals surface area contributed by atoms with Crippen molar-refractivity contribution in [2.24, 2.45) is 0 Å². The molecule has 4 nitrogen and oxygen atoms in total. The average Bonchev–Trinajstić information content (AvgIpc) is 3.11. The Labute approximate surface area is 168 Å². The van der Waals surface area contributed by atoms with E-state index in [4.69, 9.17) is 4.52 Å². The van der Waals surface area contributed by atoms with Crippen LogP contribution in [0, 0.1) is 0 Å². The van der Waals surface area contributed by atoms with Gasteiger partial charge in [0.1, 0.15) is 11.5 Å². The lowest BCUT2D eigenvalue weighted by Gasteiger charge is -2.15. The Bertz CT molecular complexity index is 1030. The zero-order chi connectivity index (χ0) is 20.4. The molecule has 0 amide bonds. The number of aromatic nitrogens is 1. The number of sulfone groups is 1. The summed E-state index contributed by atoms with van der Waals surface area (Å²) >= 11 is 0. The summed E-state index contributed by atoms with van der Waals surface area (Å²) < 4.78 is 30.9. The molecule has 0 aliphatic heterocycles. The third-order valence-corrected chi connectivity index (χ3v) is 8.60. The van der Waals surface area contributed by atoms with E-state index < -0.39 is 17.9 Å². The van der Waals surface area contributed by atoms with Crippen LogP contribution in [0.4, 0.5) is 0 Å². The maximum Gasteiger partial charge on any atom is 0.178 e. The van der Waals surface area contributed by atoms with Crippen LogP contribution in [0.25, 0.3) is 22.4 Å². The van der Waals surface area contributed by atoms with Gasteiger partial charge in [-0.2, -0.15) is 0 Å². The van der Waals surface area contributed by atoms with Gasteiger partial charge in [0.25, 0.3) is 0 Å². The Morgan fingerprint density at radius 3 is 2.14 bits per heavy atom. The quantitative estimate of drug-likeness (QED) is 0.467. The third kappa shape index (κ3) is 4.62. The first kappa shape index (κ1) is 20.5. The van der Waals surface area contributed by atoms with Crippen molar-refractivity contribution in [3.05, 3.63) is 60.4 Å². The van der Waals surface area contributed by atoms with E-state index in [1.165, 1.54) is 0 Å². The van der Waals surface area contributed by atoms with E-state index in [0.717, 1.165) is 40.6 Å². The molecule has 0 spiro atoms. The zero-order valence-electron chi connectivity index (χ0n) is 16.9. The molecule has 0 fully saturated rings. The number of rotatable bonds is 7. The molecule has 0 atom stereocenters. The normalized spacial score (nSPS) is 12.3. The molecular weight excluding hydrogens is 386 g/mol. The predicted octanol–water partition coefficient (Wildman–Crippen LogP) is 5.68. The van der Waals surface area contributed by atoms with Gasteiger partial charge in [0.2, 0.25) is 0 Å². The van der Waals surface area contributed by atoms with Crippen LogP contribution in [0.3, 0.4) is 0 Å². The van der Waals surface area contributed by atoms with Gasteiger partial charge in [0.05, 0.1) is 16.2 Å². The molecule has 0 aliphatic carbocycles. The third-order valence-electron chi connectivity index (χ3n) is 4.75. The molecule has 1 aromatic heterocycles. The summed E-state index contributed by atoms with van der Waals surface area (Å²) in [6.45, 7) is 8.59. The Balaban J connectivity index is 1.94. The van der Waals surface area contributed by atoms with Gasteiger partial charge in [0, 0.05) is 20.1 Å². The lowest BCUT2D eigenvalue weighted by atomic mass is 9.98. The second-order valence-corrected chi connectivity index (χ2v) is 15.9. The lowest BCUT2D eigenvalue weighted by molar-refractivity contribution is 0.389. The van der Waals surface area contributed by atoms with E-state index >= 15 is 0 Å². The standard InChI is InChI=1S/C22H27NO3SSi/c1-5-20-21(17-9-7-6-8-10-17)22(23-26-20)18-11-13-19(14-12-18)27(24,25)15-16-28(2,3)4/h6-14H,5,15-16H2,1-4H3. The summed E-state index contributed by atoms with van der Waals surface area (Å²) in [5.41, 5.74) is 3.61. The maximum absolute atomic E-state index is 12.7. The van der Waals surface area contributed by atoms with Crippen LogP contribution in [-0.4, -0.2) is 27.4 Å². The first-order chi connectivity index (χ1) is 13.2. The number of nitrogens with zero attached hydrogens (tertiary/aromatic N) is 1. The van der Waals surface area contributed by atoms with Gasteiger partial charge in [-0.05, 0) is 23.7 Å². The average molecular weight is 414 g/mol. The van der Waals surface area contributed by atoms with Crippen molar-refractivity contribution in [2.45, 2.75) is 43.9 Å². The number of benzene rings is 2. The van der Waals surface area contributed by atoms with E-state index in [0.29, 0.717) is 4.90 Å². The summed E-state index contributed by atoms with van der Waals surface area (Å²) in [5.74, 6) is 1.04. The second-order valence-electron chi connectivity index (χ2n) is 8.20. The summed E-state index contributed by atoms with van der Waals surface area (Å²) in [6.07, 6.45) is 0.736. The molecule has 0 radical (unpaired) electrons. The van der Waals surface area contributed by atoms with Gasteiger partial charge < -0.3 is 4.52 Å². The van der Waals surface area contributed by atoms with Crippen molar-refractivity contribution in [3.63, 3.8) is 0 Å². The largest absolute Gasteiger partial charge is 0.360 e. The van der Waals surface area contributed by atoms with Crippen molar-refractivity contribution < 1.29 is 12.9 Å². The maximum atomic E-state index is 12.7. The molecule has 28 heavy (non-hydrogen) atoms. The molecule has 2 aromatic carbocycles. The van der Waals surface area contributed by atoms with Crippen molar-refractivity contribution in [3.8, 4) is 22.4 Å². The number of aryl methyl sites for hydroxylation is 1. The lowest BCUT2D eigenvalue weighted by Crippen LogP contribution is -2.23. The molecule has 0 N–H and O–H groups in total. The first-order valence-corrected chi connectivity index (χ1v) is 14.9. The Hall–Kier alpha value is -2.18. The Kier molecular flexibility index (Phi) is 5.91.